The number of imide groups is 1. The third kappa shape index (κ3) is 5.08. The quantitative estimate of drug-likeness (QED) is 0.206. The molecule has 2 aromatic carbocycles. The highest BCUT2D eigenvalue weighted by atomic mass is 19.4. The number of amides is 3. The Kier molecular flexibility index (Phi) is 8.23. The van der Waals surface area contributed by atoms with Crippen molar-refractivity contribution in [1.82, 2.24) is 10.2 Å². The molecule has 1 fully saturated rings. The largest absolute Gasteiger partial charge is 0.496 e. The van der Waals surface area contributed by atoms with Crippen LogP contribution in [0.4, 0.5) is 31.1 Å². The van der Waals surface area contributed by atoms with E-state index in [1.165, 1.54) is 7.11 Å². The molecule has 1 unspecified atom stereocenters. The van der Waals surface area contributed by atoms with Gasteiger partial charge >= 0.3 is 18.4 Å². The van der Waals surface area contributed by atoms with Gasteiger partial charge in [0.25, 0.3) is 11.5 Å². The van der Waals surface area contributed by atoms with Crippen LogP contribution >= 0.6 is 0 Å². The molecule has 13 heteroatoms. The molecule has 3 amide bonds. The lowest BCUT2D eigenvalue weighted by Gasteiger charge is -2.33. The molecule has 7 nitrogen and oxygen atoms in total. The first-order valence-electron chi connectivity index (χ1n) is 13.1. The van der Waals surface area contributed by atoms with Crippen molar-refractivity contribution in [3.8, 4) is 11.5 Å². The van der Waals surface area contributed by atoms with Crippen LogP contribution in [0.25, 0.3) is 0 Å². The van der Waals surface area contributed by atoms with Gasteiger partial charge in [0, 0.05) is 23.2 Å². The molecule has 0 spiro atoms. The number of methoxy groups -OCH3 is 1. The number of nitrogens with one attached hydrogen (secondary N) is 1. The topological polar surface area (TPSA) is 77.1 Å². The fraction of sp³-hybridized carbons (Fsp3) is 0.500. The summed E-state index contributed by atoms with van der Waals surface area (Å²) in [6.45, 7) is 2.63. The van der Waals surface area contributed by atoms with E-state index in [1.807, 2.05) is 0 Å². The number of rotatable bonds is 10. The van der Waals surface area contributed by atoms with E-state index in [9.17, 15) is 35.9 Å². The molecule has 4 rings (SSSR count). The van der Waals surface area contributed by atoms with E-state index in [0.29, 0.717) is 30.6 Å². The van der Waals surface area contributed by atoms with Crippen LogP contribution in [0.1, 0.15) is 55.4 Å². The number of carbonyl (C=O) groups excluding carboxylic acids is 2. The third-order valence-electron chi connectivity index (χ3n) is 7.45. The Bertz CT molecular complexity index is 1300. The van der Waals surface area contributed by atoms with E-state index < -0.39 is 47.6 Å². The number of benzene rings is 2. The molecule has 1 N–H and O–H groups in total. The van der Waals surface area contributed by atoms with Crippen LogP contribution < -0.4 is 14.8 Å². The first-order valence-corrected chi connectivity index (χ1v) is 13.1. The summed E-state index contributed by atoms with van der Waals surface area (Å²) in [6.07, 6.45) is -10.1. The highest BCUT2D eigenvalue weighted by molar-refractivity contribution is 6.07. The van der Waals surface area contributed by atoms with Crippen LogP contribution in [0.15, 0.2) is 36.4 Å². The van der Waals surface area contributed by atoms with Crippen molar-refractivity contribution in [3.05, 3.63) is 58.7 Å². The van der Waals surface area contributed by atoms with Crippen molar-refractivity contribution in [2.24, 2.45) is 0 Å². The number of alkyl halides is 6. The predicted octanol–water partition coefficient (Wildman–Crippen LogP) is 6.12. The summed E-state index contributed by atoms with van der Waals surface area (Å²) in [6, 6.07) is 8.16. The monoisotopic (exact) mass is 588 g/mol. The molecule has 41 heavy (non-hydrogen) atoms. The molecule has 0 saturated carbocycles. The molecule has 0 aliphatic carbocycles. The Morgan fingerprint density at radius 3 is 2.29 bits per heavy atom. The Balaban J connectivity index is 1.43. The number of urea groups is 1. The van der Waals surface area contributed by atoms with E-state index in [-0.39, 0.29) is 36.4 Å². The van der Waals surface area contributed by atoms with Gasteiger partial charge in [-0.25, -0.2) is 4.79 Å². The number of nitrogens with zero attached hydrogens (tertiary/aromatic N) is 1. The van der Waals surface area contributed by atoms with Gasteiger partial charge in [0.05, 0.1) is 20.3 Å². The number of hydrogen-bond acceptors (Lipinski definition) is 5. The molecule has 2 aliphatic heterocycles. The number of fused-ring (bicyclic) bond motifs is 1. The second kappa shape index (κ2) is 11.1. The third-order valence-corrected chi connectivity index (χ3v) is 7.45. The molecular formula is C28H30F6N2O5. The summed E-state index contributed by atoms with van der Waals surface area (Å²) in [5, 5.41) is 2.72. The summed E-state index contributed by atoms with van der Waals surface area (Å²) in [5.74, 6) is 0.173. The molecule has 0 bridgehead atoms. The number of ether oxygens (including phenoxy) is 3. The maximum Gasteiger partial charge on any atom is 0.430 e. The van der Waals surface area contributed by atoms with Gasteiger partial charge < -0.3 is 19.5 Å². The maximum atomic E-state index is 13.7. The van der Waals surface area contributed by atoms with E-state index in [0.717, 1.165) is 17.0 Å². The summed E-state index contributed by atoms with van der Waals surface area (Å²) >= 11 is 0. The van der Waals surface area contributed by atoms with Crippen molar-refractivity contribution >= 4 is 11.9 Å². The lowest BCUT2D eigenvalue weighted by atomic mass is 9.87. The minimum atomic E-state index is -5.70. The second-order valence-electron chi connectivity index (χ2n) is 10.1. The first kappa shape index (κ1) is 30.5. The standard InChI is InChI=1S/C28H30F6N2O5/c1-4-9-17-18-16-41-26(27(29,30)31,28(32,33)34)19(18)12-13-21(17)40-15-8-7-14-36-23(37)25(2,35-24(36)38)20-10-5-6-11-22(20)39-3/h5-6,10-13H,4,7-9,14-16H2,1-3H3,(H,35,38). The van der Waals surface area contributed by atoms with Crippen molar-refractivity contribution in [3.63, 3.8) is 0 Å². The minimum Gasteiger partial charge on any atom is -0.496 e. The highest BCUT2D eigenvalue weighted by Crippen LogP contribution is 2.58. The fourth-order valence-electron chi connectivity index (χ4n) is 5.41. The Morgan fingerprint density at radius 2 is 1.66 bits per heavy atom. The molecule has 0 aromatic heterocycles. The Labute approximate surface area is 232 Å². The van der Waals surface area contributed by atoms with Crippen LogP contribution in [-0.2, 0) is 33.7 Å². The average Bonchev–Trinajstić information content (AvgIpc) is 3.42. The van der Waals surface area contributed by atoms with E-state index >= 15 is 0 Å². The maximum absolute atomic E-state index is 13.7. The first-order chi connectivity index (χ1) is 19.2. The average molecular weight is 589 g/mol. The summed E-state index contributed by atoms with van der Waals surface area (Å²) in [5.41, 5.74) is -6.10. The Morgan fingerprint density at radius 1 is 0.976 bits per heavy atom. The van der Waals surface area contributed by atoms with E-state index in [2.05, 4.69) is 10.1 Å². The van der Waals surface area contributed by atoms with Crippen LogP contribution in [0, 0.1) is 0 Å². The summed E-state index contributed by atoms with van der Waals surface area (Å²) < 4.78 is 97.9. The van der Waals surface area contributed by atoms with Crippen molar-refractivity contribution in [1.29, 1.82) is 0 Å². The SMILES string of the molecule is CCCc1c(OCCCCN2C(=O)NC(C)(c3ccccc3OC)C2=O)ccc2c1COC2(C(F)(F)F)C(F)(F)F. The zero-order valence-corrected chi connectivity index (χ0v) is 22.7. The molecule has 1 atom stereocenters. The molecule has 2 aliphatic rings. The lowest BCUT2D eigenvalue weighted by Crippen LogP contribution is -2.53. The Hall–Kier alpha value is -3.48. The fourth-order valence-corrected chi connectivity index (χ4v) is 5.41. The number of hydrogen-bond donors (Lipinski definition) is 1. The highest BCUT2D eigenvalue weighted by Gasteiger charge is 2.75. The van der Waals surface area contributed by atoms with Gasteiger partial charge in [0.15, 0.2) is 0 Å². The van der Waals surface area contributed by atoms with E-state index in [4.69, 9.17) is 9.47 Å². The van der Waals surface area contributed by atoms with Crippen LogP contribution in [0.3, 0.4) is 0 Å². The van der Waals surface area contributed by atoms with Crippen LogP contribution in [-0.4, -0.2) is 49.5 Å². The number of para-hydroxylation sites is 1. The van der Waals surface area contributed by atoms with E-state index in [1.54, 1.807) is 38.1 Å². The van der Waals surface area contributed by atoms with Crippen molar-refractivity contribution in [2.75, 3.05) is 20.3 Å². The van der Waals surface area contributed by atoms with Gasteiger partial charge in [0.1, 0.15) is 17.0 Å². The van der Waals surface area contributed by atoms with Crippen molar-refractivity contribution < 1.29 is 50.1 Å². The molecule has 224 valence electrons. The minimum absolute atomic E-state index is 0.0630. The van der Waals surface area contributed by atoms with Gasteiger partial charge in [-0.2, -0.15) is 26.3 Å². The molecule has 2 aromatic rings. The van der Waals surface area contributed by atoms with Gasteiger partial charge in [-0.3, -0.25) is 9.69 Å². The molecule has 2 heterocycles. The second-order valence-corrected chi connectivity index (χ2v) is 10.1. The van der Waals surface area contributed by atoms with Gasteiger partial charge in [-0.05, 0) is 43.9 Å². The summed E-state index contributed by atoms with van der Waals surface area (Å²) in [7, 11) is 1.46. The van der Waals surface area contributed by atoms with Crippen molar-refractivity contribution in [2.45, 2.75) is 69.6 Å². The van der Waals surface area contributed by atoms with Crippen LogP contribution in [0.5, 0.6) is 11.5 Å². The number of halogens is 6. The van der Waals surface area contributed by atoms with Crippen LogP contribution in [0.2, 0.25) is 0 Å². The molecular weight excluding hydrogens is 558 g/mol. The number of carbonyl (C=O) groups is 2. The lowest BCUT2D eigenvalue weighted by molar-refractivity contribution is -0.385. The molecule has 0 radical (unpaired) electrons. The number of unbranched alkanes of at least 4 members (excludes halogenated alkanes) is 1. The smallest absolute Gasteiger partial charge is 0.430 e. The summed E-state index contributed by atoms with van der Waals surface area (Å²) in [4.78, 5) is 26.9. The normalized spacial score (nSPS) is 20.3. The van der Waals surface area contributed by atoms with Gasteiger partial charge in [-0.15, -0.1) is 0 Å². The zero-order valence-electron chi connectivity index (χ0n) is 22.7. The van der Waals surface area contributed by atoms with Gasteiger partial charge in [-0.1, -0.05) is 37.6 Å². The predicted molar refractivity (Wildman–Crippen MR) is 134 cm³/mol. The molecule has 1 saturated heterocycles. The zero-order chi connectivity index (χ0) is 30.2. The van der Waals surface area contributed by atoms with Gasteiger partial charge in [0.2, 0.25) is 0 Å².